The van der Waals surface area contributed by atoms with Gasteiger partial charge < -0.3 is 29.0 Å². The number of amides is 1. The monoisotopic (exact) mass is 628 g/mol. The lowest BCUT2D eigenvalue weighted by Crippen LogP contribution is -2.60. The highest BCUT2D eigenvalue weighted by atomic mass is 19.4. The van der Waals surface area contributed by atoms with Gasteiger partial charge in [0.15, 0.2) is 23.0 Å². The van der Waals surface area contributed by atoms with E-state index in [2.05, 4.69) is 10.2 Å². The number of halogens is 5. The second-order valence-corrected chi connectivity index (χ2v) is 11.8. The molecule has 1 N–H and O–H groups in total. The van der Waals surface area contributed by atoms with Crippen molar-refractivity contribution in [1.82, 2.24) is 10.2 Å². The summed E-state index contributed by atoms with van der Waals surface area (Å²) in [4.78, 5) is 16.1. The summed E-state index contributed by atoms with van der Waals surface area (Å²) in [6, 6.07) is 8.47. The van der Waals surface area contributed by atoms with E-state index >= 15 is 0 Å². The average molecular weight is 629 g/mol. The van der Waals surface area contributed by atoms with Crippen LogP contribution in [0.15, 0.2) is 42.5 Å². The molecule has 1 amide bonds. The van der Waals surface area contributed by atoms with Crippen LogP contribution >= 0.6 is 0 Å². The van der Waals surface area contributed by atoms with Crippen molar-refractivity contribution in [2.75, 3.05) is 39.4 Å². The first-order valence-electron chi connectivity index (χ1n) is 14.6. The van der Waals surface area contributed by atoms with E-state index in [1.165, 1.54) is 24.3 Å². The minimum absolute atomic E-state index is 0.0178. The van der Waals surface area contributed by atoms with E-state index in [4.69, 9.17) is 23.7 Å². The molecule has 8 nitrogen and oxygen atoms in total. The number of nitrogens with one attached hydrogen (secondary N) is 1. The van der Waals surface area contributed by atoms with E-state index in [9.17, 15) is 26.7 Å². The number of hydrogen-bond acceptors (Lipinski definition) is 7. The van der Waals surface area contributed by atoms with Crippen molar-refractivity contribution in [2.45, 2.75) is 75.8 Å². The van der Waals surface area contributed by atoms with Crippen LogP contribution in [-0.2, 0) is 47.9 Å². The first-order chi connectivity index (χ1) is 20.9. The number of nitrogens with zero attached hydrogens (tertiary/aromatic N) is 1. The summed E-state index contributed by atoms with van der Waals surface area (Å²) < 4.78 is 98.5. The zero-order valence-electron chi connectivity index (χ0n) is 24.6. The van der Waals surface area contributed by atoms with Crippen LogP contribution in [0, 0.1) is 11.6 Å². The van der Waals surface area contributed by atoms with Gasteiger partial charge in [-0.2, -0.15) is 13.2 Å². The van der Waals surface area contributed by atoms with E-state index in [0.29, 0.717) is 26.3 Å². The largest absolute Gasteiger partial charge is 0.416 e. The Bertz CT molecular complexity index is 1300. The number of rotatable bonds is 10. The predicted octanol–water partition coefficient (Wildman–Crippen LogP) is 4.59. The lowest BCUT2D eigenvalue weighted by atomic mass is 9.78. The van der Waals surface area contributed by atoms with E-state index < -0.39 is 59.0 Å². The number of alkyl halides is 3. The second kappa shape index (κ2) is 13.4. The molecule has 2 aromatic carbocycles. The number of carbonyl (C=O) groups excluding carboxylic acids is 1. The summed E-state index contributed by atoms with van der Waals surface area (Å²) in [5.74, 6) is -3.58. The molecule has 5 rings (SSSR count). The van der Waals surface area contributed by atoms with Crippen molar-refractivity contribution >= 4 is 5.91 Å². The maximum absolute atomic E-state index is 14.5. The lowest BCUT2D eigenvalue weighted by Gasteiger charge is -2.43. The molecule has 1 aliphatic carbocycles. The van der Waals surface area contributed by atoms with Gasteiger partial charge in [0.05, 0.1) is 44.2 Å². The summed E-state index contributed by atoms with van der Waals surface area (Å²) in [7, 11) is 0. The third-order valence-corrected chi connectivity index (χ3v) is 8.13. The van der Waals surface area contributed by atoms with Crippen LogP contribution in [0.5, 0.6) is 0 Å². The van der Waals surface area contributed by atoms with Gasteiger partial charge in [-0.15, -0.1) is 0 Å². The summed E-state index contributed by atoms with van der Waals surface area (Å²) in [5.41, 5.74) is -2.21. The Morgan fingerprint density at radius 2 is 1.80 bits per heavy atom. The zero-order valence-corrected chi connectivity index (χ0v) is 24.6. The highest BCUT2D eigenvalue weighted by molar-refractivity contribution is 5.85. The Morgan fingerprint density at radius 1 is 1.05 bits per heavy atom. The second-order valence-electron chi connectivity index (χ2n) is 11.8. The van der Waals surface area contributed by atoms with E-state index in [0.717, 1.165) is 31.3 Å². The van der Waals surface area contributed by atoms with Gasteiger partial charge in [-0.25, -0.2) is 8.78 Å². The van der Waals surface area contributed by atoms with Crippen LogP contribution in [0.25, 0.3) is 0 Å². The molecular formula is C31H37F5N2O6. The third-order valence-electron chi connectivity index (χ3n) is 8.13. The van der Waals surface area contributed by atoms with Crippen molar-refractivity contribution in [3.63, 3.8) is 0 Å². The Kier molecular flexibility index (Phi) is 9.93. The summed E-state index contributed by atoms with van der Waals surface area (Å²) in [6.45, 7) is 6.31. The molecule has 0 radical (unpaired) electrons. The van der Waals surface area contributed by atoms with Gasteiger partial charge in [-0.3, -0.25) is 9.69 Å². The third kappa shape index (κ3) is 7.75. The molecule has 0 aromatic heterocycles. The van der Waals surface area contributed by atoms with Gasteiger partial charge in [0.2, 0.25) is 0 Å². The topological polar surface area (TPSA) is 78.5 Å². The van der Waals surface area contributed by atoms with Gasteiger partial charge >= 0.3 is 6.18 Å². The maximum atomic E-state index is 14.5. The Morgan fingerprint density at radius 3 is 2.55 bits per heavy atom. The Labute approximate surface area is 252 Å². The van der Waals surface area contributed by atoms with Crippen molar-refractivity contribution < 1.29 is 50.4 Å². The van der Waals surface area contributed by atoms with Crippen LogP contribution in [0.2, 0.25) is 0 Å². The van der Waals surface area contributed by atoms with Gasteiger partial charge in [0, 0.05) is 44.6 Å². The Hall–Kier alpha value is -2.68. The van der Waals surface area contributed by atoms with Crippen LogP contribution in [0.1, 0.15) is 43.4 Å². The first-order valence-corrected chi connectivity index (χ1v) is 14.6. The number of carbonyl (C=O) groups is 1. The van der Waals surface area contributed by atoms with Crippen LogP contribution in [0.4, 0.5) is 22.0 Å². The highest BCUT2D eigenvalue weighted by Gasteiger charge is 2.58. The predicted molar refractivity (Wildman–Crippen MR) is 147 cm³/mol. The molecular weight excluding hydrogens is 591 g/mol. The fourth-order valence-corrected chi connectivity index (χ4v) is 5.94. The number of ether oxygens (including phenoxy) is 5. The molecule has 13 heteroatoms. The quantitative estimate of drug-likeness (QED) is 0.386. The summed E-state index contributed by atoms with van der Waals surface area (Å²) in [5, 5.41) is 2.94. The molecule has 0 bridgehead atoms. The summed E-state index contributed by atoms with van der Waals surface area (Å²) in [6.07, 6.45) is -6.77. The molecule has 0 unspecified atom stereocenters. The minimum atomic E-state index is -4.55. The zero-order chi connectivity index (χ0) is 31.5. The number of benzene rings is 2. The van der Waals surface area contributed by atoms with E-state index in [-0.39, 0.29) is 37.2 Å². The smallest absolute Gasteiger partial charge is 0.379 e. The molecule has 4 atom stereocenters. The number of hydrogen-bond donors (Lipinski definition) is 1. The van der Waals surface area contributed by atoms with Crippen molar-refractivity contribution in [1.29, 1.82) is 0 Å². The molecule has 3 fully saturated rings. The molecule has 0 spiro atoms. The molecule has 2 aliphatic heterocycles. The molecule has 1 saturated carbocycles. The molecule has 44 heavy (non-hydrogen) atoms. The van der Waals surface area contributed by atoms with Crippen molar-refractivity contribution in [2.24, 2.45) is 0 Å². The van der Waals surface area contributed by atoms with Crippen LogP contribution < -0.4 is 5.32 Å². The molecule has 2 aromatic rings. The highest BCUT2D eigenvalue weighted by Crippen LogP contribution is 2.44. The normalized spacial score (nSPS) is 27.2. The lowest BCUT2D eigenvalue weighted by molar-refractivity contribution is -0.183. The fraction of sp³-hybridized carbons (Fsp3) is 0.581. The van der Waals surface area contributed by atoms with Crippen molar-refractivity contribution in [3.8, 4) is 0 Å². The number of fused-ring (bicyclic) bond motifs is 1. The molecule has 3 aliphatic rings. The van der Waals surface area contributed by atoms with Crippen LogP contribution in [0.3, 0.4) is 0 Å². The van der Waals surface area contributed by atoms with Gasteiger partial charge in [-0.1, -0.05) is 24.3 Å². The molecule has 2 heterocycles. The van der Waals surface area contributed by atoms with E-state index in [1.807, 2.05) is 0 Å². The fourth-order valence-electron chi connectivity index (χ4n) is 5.94. The minimum Gasteiger partial charge on any atom is -0.379 e. The SMILES string of the molecule is CC1(C)O[C@H]2[C@H](OCc3cccc(F)c3F)C[C@](OCc3cccc(C(F)(F)F)c3)(C(=O)NCCN3CCOCC3)C[C@H]2O1. The molecule has 2 saturated heterocycles. The summed E-state index contributed by atoms with van der Waals surface area (Å²) >= 11 is 0. The Balaban J connectivity index is 1.39. The van der Waals surface area contributed by atoms with Gasteiger partial charge in [0.1, 0.15) is 6.10 Å². The molecule has 242 valence electrons. The maximum Gasteiger partial charge on any atom is 0.416 e. The average Bonchev–Trinajstić information content (AvgIpc) is 3.30. The van der Waals surface area contributed by atoms with Crippen molar-refractivity contribution in [3.05, 3.63) is 70.8 Å². The first kappa shape index (κ1) is 32.7. The van der Waals surface area contributed by atoms with E-state index in [1.54, 1.807) is 13.8 Å². The standard InChI is InChI=1S/C31H37F5N2O6/c1-29(2)43-25-17-30(28(39)37-9-10-38-11-13-40-14-12-38,42-18-20-5-3-7-22(15-20)31(34,35)36)16-24(27(25)44-29)41-19-21-6-4-8-23(32)26(21)33/h3-8,15,24-25,27H,9-14,16-19H2,1-2H3,(H,37,39)/t24-,25-,27+,30-/m1/s1. The van der Waals surface area contributed by atoms with Gasteiger partial charge in [0.25, 0.3) is 5.91 Å². The van der Waals surface area contributed by atoms with Gasteiger partial charge in [-0.05, 0) is 37.6 Å². The van der Waals surface area contributed by atoms with Crippen LogP contribution in [-0.4, -0.2) is 79.9 Å². The number of morpholine rings is 1.